The van der Waals surface area contributed by atoms with Gasteiger partial charge in [-0.3, -0.25) is 19.2 Å². The molecule has 0 N–H and O–H groups in total. The minimum Gasteiger partial charge on any atom is -0.463 e. The number of nitrogens with zero attached hydrogens (tertiary/aromatic N) is 2. The van der Waals surface area contributed by atoms with Crippen molar-refractivity contribution in [2.24, 2.45) is 0 Å². The molecule has 2 aliphatic rings. The number of cyclic esters (lactones) is 1. The van der Waals surface area contributed by atoms with Gasteiger partial charge in [-0.1, -0.05) is 0 Å². The molecule has 148 valence electrons. The molecule has 0 bridgehead atoms. The van der Waals surface area contributed by atoms with Crippen LogP contribution in [0.15, 0.2) is 35.0 Å². The van der Waals surface area contributed by atoms with Crippen molar-refractivity contribution in [1.82, 2.24) is 4.90 Å². The van der Waals surface area contributed by atoms with E-state index < -0.39 is 39.8 Å². The normalized spacial score (nSPS) is 20.3. The molecule has 1 unspecified atom stereocenters. The van der Waals surface area contributed by atoms with Gasteiger partial charge in [0.15, 0.2) is 0 Å². The molecule has 1 heterocycles. The third-order valence-corrected chi connectivity index (χ3v) is 5.06. The van der Waals surface area contributed by atoms with Crippen LogP contribution in [0.3, 0.4) is 0 Å². The molecule has 0 aromatic carbocycles. The molecule has 1 aliphatic carbocycles. The first-order chi connectivity index (χ1) is 12.7. The van der Waals surface area contributed by atoms with Crippen LogP contribution < -0.4 is 0 Å². The Bertz CT molecular complexity index is 813. The van der Waals surface area contributed by atoms with Gasteiger partial charge in [-0.2, -0.15) is 8.42 Å². The van der Waals surface area contributed by atoms with Gasteiger partial charge in [0.2, 0.25) is 5.70 Å². The Hall–Kier alpha value is -2.73. The Labute approximate surface area is 155 Å². The van der Waals surface area contributed by atoms with E-state index in [1.807, 2.05) is 0 Å². The van der Waals surface area contributed by atoms with Crippen LogP contribution in [-0.2, 0) is 28.6 Å². The number of carbonyl (C=O) groups is 2. The minimum absolute atomic E-state index is 0.00528. The summed E-state index contributed by atoms with van der Waals surface area (Å²) in [6.07, 6.45) is 2.81. The Morgan fingerprint density at radius 1 is 1.44 bits per heavy atom. The van der Waals surface area contributed by atoms with E-state index in [9.17, 15) is 28.1 Å². The van der Waals surface area contributed by atoms with E-state index in [0.29, 0.717) is 0 Å². The van der Waals surface area contributed by atoms with Gasteiger partial charge in [0, 0.05) is 24.8 Å². The summed E-state index contributed by atoms with van der Waals surface area (Å²) < 4.78 is 38.8. The third kappa shape index (κ3) is 5.62. The highest BCUT2D eigenvalue weighted by atomic mass is 32.2. The maximum absolute atomic E-state index is 12.1. The van der Waals surface area contributed by atoms with Crippen molar-refractivity contribution >= 4 is 22.2 Å². The van der Waals surface area contributed by atoms with E-state index in [4.69, 9.17) is 8.92 Å². The third-order valence-electron chi connectivity index (χ3n) is 3.63. The van der Waals surface area contributed by atoms with Gasteiger partial charge < -0.3 is 9.47 Å². The van der Waals surface area contributed by atoms with Gasteiger partial charge in [-0.25, -0.2) is 9.59 Å². The SMILES string of the molecule is CCOC(=O)/C=C/N1CC(COS(=O)(=O)C2=CC=C([N+](=O)[O-])CC2)OC1=O. The van der Waals surface area contributed by atoms with Gasteiger partial charge in [0.1, 0.15) is 12.7 Å². The van der Waals surface area contributed by atoms with Crippen LogP contribution in [0.25, 0.3) is 0 Å². The Kier molecular flexibility index (Phi) is 6.69. The summed E-state index contributed by atoms with van der Waals surface area (Å²) in [7, 11) is -4.10. The molecular weight excluding hydrogens is 384 g/mol. The van der Waals surface area contributed by atoms with Crippen molar-refractivity contribution in [3.8, 4) is 0 Å². The number of nitro groups is 1. The number of esters is 1. The molecule has 0 aromatic rings. The predicted octanol–water partition coefficient (Wildman–Crippen LogP) is 1.07. The lowest BCUT2D eigenvalue weighted by Crippen LogP contribution is -2.24. The van der Waals surface area contributed by atoms with Crippen LogP contribution in [0.2, 0.25) is 0 Å². The number of carbonyl (C=O) groups excluding carboxylic acids is 2. The van der Waals surface area contributed by atoms with E-state index >= 15 is 0 Å². The van der Waals surface area contributed by atoms with Crippen LogP contribution >= 0.6 is 0 Å². The predicted molar refractivity (Wildman–Crippen MR) is 90.0 cm³/mol. The molecule has 1 aliphatic heterocycles. The first-order valence-electron chi connectivity index (χ1n) is 7.98. The van der Waals surface area contributed by atoms with Crippen LogP contribution in [0.5, 0.6) is 0 Å². The van der Waals surface area contributed by atoms with Crippen molar-refractivity contribution in [3.05, 3.63) is 45.1 Å². The molecule has 0 saturated carbocycles. The number of ether oxygens (including phenoxy) is 2. The van der Waals surface area contributed by atoms with E-state index in [1.165, 1.54) is 6.20 Å². The highest BCUT2D eigenvalue weighted by Crippen LogP contribution is 2.24. The van der Waals surface area contributed by atoms with E-state index in [-0.39, 0.29) is 36.6 Å². The summed E-state index contributed by atoms with van der Waals surface area (Å²) in [5.74, 6) is -0.626. The van der Waals surface area contributed by atoms with Crippen molar-refractivity contribution in [3.63, 3.8) is 0 Å². The zero-order valence-corrected chi connectivity index (χ0v) is 15.2. The number of hydrogen-bond donors (Lipinski definition) is 0. The van der Waals surface area contributed by atoms with Crippen LogP contribution in [0.1, 0.15) is 19.8 Å². The summed E-state index contributed by atoms with van der Waals surface area (Å²) in [4.78, 5) is 34.0. The van der Waals surface area contributed by atoms with Gasteiger partial charge >= 0.3 is 12.1 Å². The number of rotatable bonds is 8. The number of allylic oxidation sites excluding steroid dienone is 4. The quantitative estimate of drug-likeness (QED) is 0.191. The zero-order valence-electron chi connectivity index (χ0n) is 14.4. The number of amides is 1. The van der Waals surface area contributed by atoms with Gasteiger partial charge in [0.25, 0.3) is 10.1 Å². The minimum atomic E-state index is -4.10. The summed E-state index contributed by atoms with van der Waals surface area (Å²) >= 11 is 0. The molecule has 0 radical (unpaired) electrons. The van der Waals surface area contributed by atoms with Crippen LogP contribution in [0.4, 0.5) is 4.79 Å². The van der Waals surface area contributed by atoms with Crippen molar-refractivity contribution < 1.29 is 36.6 Å². The van der Waals surface area contributed by atoms with Crippen molar-refractivity contribution in [1.29, 1.82) is 0 Å². The molecule has 1 fully saturated rings. The van der Waals surface area contributed by atoms with Crippen molar-refractivity contribution in [2.45, 2.75) is 25.9 Å². The van der Waals surface area contributed by atoms with E-state index in [1.54, 1.807) is 6.92 Å². The van der Waals surface area contributed by atoms with E-state index in [2.05, 4.69) is 4.74 Å². The molecule has 0 aromatic heterocycles. The standard InChI is InChI=1S/C15H18N2O9S/c1-2-24-14(18)7-8-16-9-12(26-15(16)19)10-25-27(22,23)13-5-3-11(4-6-13)17(20)21/h3,5,7-8,12H,2,4,6,9-10H2,1H3/b8-7+. The summed E-state index contributed by atoms with van der Waals surface area (Å²) in [5.41, 5.74) is -0.0808. The molecule has 1 atom stereocenters. The first kappa shape index (κ1) is 20.6. The van der Waals surface area contributed by atoms with Gasteiger partial charge in [-0.05, 0) is 19.4 Å². The fourth-order valence-corrected chi connectivity index (χ4v) is 3.37. The monoisotopic (exact) mass is 402 g/mol. The molecule has 11 nitrogen and oxygen atoms in total. The summed E-state index contributed by atoms with van der Waals surface area (Å²) in [6, 6.07) is 0. The average Bonchev–Trinajstić information content (AvgIpc) is 2.98. The van der Waals surface area contributed by atoms with E-state index in [0.717, 1.165) is 23.1 Å². The largest absolute Gasteiger partial charge is 0.463 e. The lowest BCUT2D eigenvalue weighted by molar-refractivity contribution is -0.428. The topological polar surface area (TPSA) is 142 Å². The highest BCUT2D eigenvalue weighted by molar-refractivity contribution is 7.90. The lowest BCUT2D eigenvalue weighted by atomic mass is 10.1. The molecule has 12 heteroatoms. The van der Waals surface area contributed by atoms with Gasteiger partial charge in [-0.15, -0.1) is 0 Å². The second-order valence-corrected chi connectivity index (χ2v) is 7.18. The van der Waals surface area contributed by atoms with Crippen LogP contribution in [-0.4, -0.2) is 56.2 Å². The maximum atomic E-state index is 12.1. The second-order valence-electron chi connectivity index (χ2n) is 5.51. The molecular formula is C15H18N2O9S. The highest BCUT2D eigenvalue weighted by Gasteiger charge is 2.32. The first-order valence-corrected chi connectivity index (χ1v) is 9.39. The molecule has 1 saturated heterocycles. The summed E-state index contributed by atoms with van der Waals surface area (Å²) in [5, 5.41) is 10.6. The van der Waals surface area contributed by atoms with Crippen molar-refractivity contribution in [2.75, 3.05) is 19.8 Å². The Balaban J connectivity index is 1.90. The fraction of sp³-hybridized carbons (Fsp3) is 0.467. The smallest absolute Gasteiger partial charge is 0.414 e. The molecule has 2 rings (SSSR count). The summed E-state index contributed by atoms with van der Waals surface area (Å²) in [6.45, 7) is 1.41. The molecule has 1 amide bonds. The lowest BCUT2D eigenvalue weighted by Gasteiger charge is -2.13. The Morgan fingerprint density at radius 3 is 2.78 bits per heavy atom. The molecule has 27 heavy (non-hydrogen) atoms. The fourth-order valence-electron chi connectivity index (χ4n) is 2.30. The number of hydrogen-bond acceptors (Lipinski definition) is 9. The second kappa shape index (κ2) is 8.77. The zero-order chi connectivity index (χ0) is 20.0. The Morgan fingerprint density at radius 2 is 2.19 bits per heavy atom. The maximum Gasteiger partial charge on any atom is 0.414 e. The average molecular weight is 402 g/mol. The van der Waals surface area contributed by atoms with Crippen LogP contribution in [0, 0.1) is 10.1 Å². The van der Waals surface area contributed by atoms with Gasteiger partial charge in [0.05, 0.1) is 23.0 Å². The molecule has 0 spiro atoms.